The normalized spacial score (nSPS) is 11.5. The molecule has 0 amide bonds. The number of carbonyl (C=O) groups is 2. The van der Waals surface area contributed by atoms with Crippen molar-refractivity contribution in [3.05, 3.63) is 82.1 Å². The smallest absolute Gasteiger partial charge is 0.223 e. The molecule has 3 aromatic rings. The fourth-order valence-electron chi connectivity index (χ4n) is 4.10. The summed E-state index contributed by atoms with van der Waals surface area (Å²) in [6, 6.07) is 11.8. The van der Waals surface area contributed by atoms with E-state index >= 15 is 0 Å². The highest BCUT2D eigenvalue weighted by Gasteiger charge is 2.26. The van der Waals surface area contributed by atoms with Crippen LogP contribution in [0.4, 0.5) is 0 Å². The summed E-state index contributed by atoms with van der Waals surface area (Å²) < 4.78 is 32.6. The SMILES string of the molecule is CC(C)=C(C)c1c(S(C)(=O)=O)ccc(C(=O)c2cnn(CC(C)C)c2OCC(=O)c2ccccc2)c1C. The van der Waals surface area contributed by atoms with Gasteiger partial charge in [0.2, 0.25) is 5.88 Å². The lowest BCUT2D eigenvalue weighted by Gasteiger charge is -2.17. The number of sulfone groups is 1. The van der Waals surface area contributed by atoms with Crippen LogP contribution in [0.3, 0.4) is 0 Å². The van der Waals surface area contributed by atoms with Crippen LogP contribution in [0.15, 0.2) is 59.1 Å². The minimum absolute atomic E-state index is 0.181. The van der Waals surface area contributed by atoms with Gasteiger partial charge in [0.15, 0.2) is 28.0 Å². The van der Waals surface area contributed by atoms with Crippen LogP contribution >= 0.6 is 0 Å². The summed E-state index contributed by atoms with van der Waals surface area (Å²) in [5.41, 5.74) is 3.93. The van der Waals surface area contributed by atoms with Crippen molar-refractivity contribution in [1.82, 2.24) is 9.78 Å². The van der Waals surface area contributed by atoms with Crippen molar-refractivity contribution in [2.75, 3.05) is 12.9 Å². The zero-order valence-corrected chi connectivity index (χ0v) is 23.3. The Morgan fingerprint density at radius 2 is 1.65 bits per heavy atom. The number of nitrogens with zero attached hydrogens (tertiary/aromatic N) is 2. The highest BCUT2D eigenvalue weighted by atomic mass is 32.2. The van der Waals surface area contributed by atoms with Gasteiger partial charge in [-0.25, -0.2) is 13.1 Å². The predicted molar refractivity (Wildman–Crippen MR) is 145 cm³/mol. The first-order valence-corrected chi connectivity index (χ1v) is 14.0. The van der Waals surface area contributed by atoms with Gasteiger partial charge in [-0.15, -0.1) is 0 Å². The fourth-order valence-corrected chi connectivity index (χ4v) is 5.09. The molecule has 0 unspecified atom stereocenters. The van der Waals surface area contributed by atoms with Crippen molar-refractivity contribution in [3.63, 3.8) is 0 Å². The van der Waals surface area contributed by atoms with E-state index in [2.05, 4.69) is 5.10 Å². The molecule has 1 aromatic heterocycles. The second-order valence-corrected chi connectivity index (χ2v) is 11.8. The summed E-state index contributed by atoms with van der Waals surface area (Å²) in [5, 5.41) is 4.38. The Kier molecular flexibility index (Phi) is 8.53. The Labute approximate surface area is 219 Å². The maximum Gasteiger partial charge on any atom is 0.223 e. The summed E-state index contributed by atoms with van der Waals surface area (Å²) in [6.45, 7) is 11.7. The lowest BCUT2D eigenvalue weighted by atomic mass is 9.91. The molecule has 0 atom stereocenters. The molecule has 196 valence electrons. The van der Waals surface area contributed by atoms with Gasteiger partial charge in [-0.2, -0.15) is 5.10 Å². The molecule has 0 spiro atoms. The molecule has 0 N–H and O–H groups in total. The quantitative estimate of drug-likeness (QED) is 0.324. The molecule has 0 saturated heterocycles. The van der Waals surface area contributed by atoms with E-state index in [1.54, 1.807) is 35.9 Å². The van der Waals surface area contributed by atoms with E-state index in [4.69, 9.17) is 4.74 Å². The second kappa shape index (κ2) is 11.3. The number of aromatic nitrogens is 2. The van der Waals surface area contributed by atoms with Gasteiger partial charge in [0.1, 0.15) is 5.56 Å². The second-order valence-electron chi connectivity index (χ2n) is 9.85. The number of ether oxygens (including phenoxy) is 1. The number of Topliss-reactive ketones (excluding diaryl/α,β-unsaturated/α-hetero) is 1. The number of hydrogen-bond acceptors (Lipinski definition) is 6. The van der Waals surface area contributed by atoms with Crippen LogP contribution in [0.5, 0.6) is 5.88 Å². The van der Waals surface area contributed by atoms with E-state index in [0.29, 0.717) is 28.8 Å². The van der Waals surface area contributed by atoms with Gasteiger partial charge in [-0.05, 0) is 62.4 Å². The zero-order chi connectivity index (χ0) is 27.5. The number of rotatable bonds is 10. The highest BCUT2D eigenvalue weighted by Crippen LogP contribution is 2.33. The third-order valence-corrected chi connectivity index (χ3v) is 7.34. The van der Waals surface area contributed by atoms with Crippen LogP contribution in [-0.2, 0) is 16.4 Å². The maximum absolute atomic E-state index is 13.8. The third kappa shape index (κ3) is 6.25. The molecule has 0 bridgehead atoms. The van der Waals surface area contributed by atoms with Gasteiger partial charge in [-0.3, -0.25) is 9.59 Å². The lowest BCUT2D eigenvalue weighted by molar-refractivity contribution is 0.0906. The predicted octanol–water partition coefficient (Wildman–Crippen LogP) is 5.56. The van der Waals surface area contributed by atoms with Gasteiger partial charge in [-0.1, -0.05) is 49.8 Å². The number of hydrogen-bond donors (Lipinski definition) is 0. The Balaban J connectivity index is 2.09. The molecule has 3 rings (SSSR count). The van der Waals surface area contributed by atoms with Crippen molar-refractivity contribution in [2.24, 2.45) is 5.92 Å². The summed E-state index contributed by atoms with van der Waals surface area (Å²) in [5.74, 6) is -0.128. The molecule has 0 aliphatic heterocycles. The van der Waals surface area contributed by atoms with Crippen molar-refractivity contribution in [2.45, 2.75) is 53.0 Å². The first-order valence-electron chi connectivity index (χ1n) is 12.1. The average Bonchev–Trinajstić information content (AvgIpc) is 3.22. The molecule has 2 aromatic carbocycles. The average molecular weight is 523 g/mol. The summed E-state index contributed by atoms with van der Waals surface area (Å²) in [7, 11) is -3.53. The van der Waals surface area contributed by atoms with Gasteiger partial charge >= 0.3 is 0 Å². The molecule has 7 nitrogen and oxygen atoms in total. The van der Waals surface area contributed by atoms with E-state index in [1.165, 1.54) is 18.3 Å². The van der Waals surface area contributed by atoms with E-state index in [-0.39, 0.29) is 40.4 Å². The molecular formula is C29H34N2O5S. The molecule has 0 radical (unpaired) electrons. The van der Waals surface area contributed by atoms with Crippen LogP contribution in [0.25, 0.3) is 5.57 Å². The summed E-state index contributed by atoms with van der Waals surface area (Å²) in [4.78, 5) is 26.7. The molecule has 0 fully saturated rings. The molecule has 0 aliphatic rings. The molecule has 0 aliphatic carbocycles. The topological polar surface area (TPSA) is 95.3 Å². The van der Waals surface area contributed by atoms with Crippen LogP contribution in [0, 0.1) is 12.8 Å². The Morgan fingerprint density at radius 3 is 2.22 bits per heavy atom. The molecule has 37 heavy (non-hydrogen) atoms. The Morgan fingerprint density at radius 1 is 1.00 bits per heavy atom. The van der Waals surface area contributed by atoms with Crippen LogP contribution in [-0.4, -0.2) is 42.6 Å². The van der Waals surface area contributed by atoms with Crippen LogP contribution in [0.2, 0.25) is 0 Å². The largest absolute Gasteiger partial charge is 0.469 e. The number of benzene rings is 2. The Bertz CT molecular complexity index is 1460. The molecule has 8 heteroatoms. The summed E-state index contributed by atoms with van der Waals surface area (Å²) in [6.07, 6.45) is 2.61. The number of ketones is 2. The van der Waals surface area contributed by atoms with Crippen molar-refractivity contribution in [1.29, 1.82) is 0 Å². The zero-order valence-electron chi connectivity index (χ0n) is 22.5. The highest BCUT2D eigenvalue weighted by molar-refractivity contribution is 7.90. The van der Waals surface area contributed by atoms with Gasteiger partial charge in [0, 0.05) is 23.9 Å². The van der Waals surface area contributed by atoms with Gasteiger partial charge in [0.05, 0.1) is 11.1 Å². The van der Waals surface area contributed by atoms with E-state index in [9.17, 15) is 18.0 Å². The molecular weight excluding hydrogens is 488 g/mol. The van der Waals surface area contributed by atoms with Crippen LogP contribution in [0.1, 0.15) is 72.0 Å². The fraction of sp³-hybridized carbons (Fsp3) is 0.345. The standard InChI is InChI=1S/C29H34N2O5S/c1-18(2)16-31-29(36-17-25(32)22-11-9-8-10-12-22)24(15-30-31)28(33)23-13-14-26(37(7,34)35)27(21(23)6)20(5)19(3)4/h8-15,18H,16-17H2,1-7H3. The first kappa shape index (κ1) is 28.1. The monoisotopic (exact) mass is 522 g/mol. The maximum atomic E-state index is 13.8. The first-order chi connectivity index (χ1) is 17.3. The summed E-state index contributed by atoms with van der Waals surface area (Å²) >= 11 is 0. The number of allylic oxidation sites excluding steroid dienone is 2. The molecule has 1 heterocycles. The van der Waals surface area contributed by atoms with E-state index in [0.717, 1.165) is 17.4 Å². The van der Waals surface area contributed by atoms with Gasteiger partial charge in [0.25, 0.3) is 0 Å². The van der Waals surface area contributed by atoms with E-state index < -0.39 is 9.84 Å². The minimum Gasteiger partial charge on any atom is -0.469 e. The van der Waals surface area contributed by atoms with Crippen molar-refractivity contribution < 1.29 is 22.7 Å². The van der Waals surface area contributed by atoms with Crippen molar-refractivity contribution in [3.8, 4) is 5.88 Å². The minimum atomic E-state index is -3.53. The Hall–Kier alpha value is -3.52. The lowest BCUT2D eigenvalue weighted by Crippen LogP contribution is -2.17. The number of carbonyl (C=O) groups excluding carboxylic acids is 2. The van der Waals surface area contributed by atoms with Crippen LogP contribution < -0.4 is 4.74 Å². The third-order valence-electron chi connectivity index (χ3n) is 6.21. The van der Waals surface area contributed by atoms with Gasteiger partial charge < -0.3 is 4.74 Å². The van der Waals surface area contributed by atoms with E-state index in [1.807, 2.05) is 40.7 Å². The van der Waals surface area contributed by atoms with Crippen molar-refractivity contribution >= 4 is 27.0 Å². The molecule has 0 saturated carbocycles.